The highest BCUT2D eigenvalue weighted by atomic mass is 32.2. The molecule has 0 aliphatic carbocycles. The van der Waals surface area contributed by atoms with Crippen molar-refractivity contribution in [1.82, 2.24) is 0 Å². The number of halogens is 1. The van der Waals surface area contributed by atoms with Crippen LogP contribution in [0.3, 0.4) is 0 Å². The predicted molar refractivity (Wildman–Crippen MR) is 122 cm³/mol. The van der Waals surface area contributed by atoms with E-state index in [4.69, 9.17) is 0 Å². The van der Waals surface area contributed by atoms with Crippen LogP contribution >= 0.6 is 0 Å². The van der Waals surface area contributed by atoms with Gasteiger partial charge in [-0.15, -0.1) is 0 Å². The lowest BCUT2D eigenvalue weighted by atomic mass is 10.0. The van der Waals surface area contributed by atoms with Crippen LogP contribution in [0.25, 0.3) is 0 Å². The van der Waals surface area contributed by atoms with Crippen molar-refractivity contribution < 1.29 is 21.2 Å². The van der Waals surface area contributed by atoms with Crippen LogP contribution in [0.15, 0.2) is 70.5 Å². The van der Waals surface area contributed by atoms with Gasteiger partial charge in [-0.2, -0.15) is 0 Å². The molecule has 0 aromatic heterocycles. The first-order chi connectivity index (χ1) is 15.1. The molecule has 0 saturated heterocycles. The fourth-order valence-electron chi connectivity index (χ4n) is 3.81. The molecule has 0 fully saturated rings. The Hall–Kier alpha value is -2.91. The number of rotatable bonds is 5. The summed E-state index contributed by atoms with van der Waals surface area (Å²) in [4.78, 5) is 0.152. The Morgan fingerprint density at radius 2 is 1.66 bits per heavy atom. The summed E-state index contributed by atoms with van der Waals surface area (Å²) < 4.78 is 69.6. The van der Waals surface area contributed by atoms with E-state index in [0.717, 1.165) is 23.3 Å². The van der Waals surface area contributed by atoms with Gasteiger partial charge in [0, 0.05) is 6.54 Å². The van der Waals surface area contributed by atoms with Gasteiger partial charge < -0.3 is 0 Å². The van der Waals surface area contributed by atoms with Crippen molar-refractivity contribution in [3.05, 3.63) is 83.2 Å². The molecule has 9 heteroatoms. The van der Waals surface area contributed by atoms with Crippen LogP contribution in [0.5, 0.6) is 0 Å². The number of hydrogen-bond donors (Lipinski definition) is 1. The largest absolute Gasteiger partial charge is 0.280 e. The van der Waals surface area contributed by atoms with Gasteiger partial charge in [-0.25, -0.2) is 21.2 Å². The van der Waals surface area contributed by atoms with Gasteiger partial charge in [-0.3, -0.25) is 9.03 Å². The van der Waals surface area contributed by atoms with Crippen molar-refractivity contribution in [2.24, 2.45) is 0 Å². The van der Waals surface area contributed by atoms with E-state index in [1.807, 2.05) is 13.0 Å². The van der Waals surface area contributed by atoms with Crippen LogP contribution in [0, 0.1) is 19.7 Å². The quantitative estimate of drug-likeness (QED) is 0.595. The second-order valence-electron chi connectivity index (χ2n) is 7.78. The monoisotopic (exact) mass is 474 g/mol. The normalized spacial score (nSPS) is 14.2. The number of aryl methyl sites for hydroxylation is 2. The molecule has 168 valence electrons. The highest BCUT2D eigenvalue weighted by molar-refractivity contribution is 7.93. The summed E-state index contributed by atoms with van der Waals surface area (Å²) in [7, 11) is -7.79. The third kappa shape index (κ3) is 4.10. The zero-order valence-corrected chi connectivity index (χ0v) is 19.3. The van der Waals surface area contributed by atoms with E-state index in [1.165, 1.54) is 28.6 Å². The topological polar surface area (TPSA) is 83.6 Å². The number of sulfonamides is 2. The lowest BCUT2D eigenvalue weighted by Crippen LogP contribution is -2.35. The summed E-state index contributed by atoms with van der Waals surface area (Å²) in [6.45, 7) is 3.83. The van der Waals surface area contributed by atoms with Gasteiger partial charge in [0.25, 0.3) is 20.0 Å². The highest BCUT2D eigenvalue weighted by Crippen LogP contribution is 2.35. The third-order valence-electron chi connectivity index (χ3n) is 5.66. The maximum atomic E-state index is 13.3. The summed E-state index contributed by atoms with van der Waals surface area (Å²) >= 11 is 0. The molecule has 3 aromatic rings. The van der Waals surface area contributed by atoms with Crippen molar-refractivity contribution in [2.45, 2.75) is 36.5 Å². The Balaban J connectivity index is 1.72. The van der Waals surface area contributed by atoms with Gasteiger partial charge >= 0.3 is 0 Å². The average molecular weight is 475 g/mol. The summed E-state index contributed by atoms with van der Waals surface area (Å²) in [6.07, 6.45) is 1.30. The average Bonchev–Trinajstić information content (AvgIpc) is 2.75. The van der Waals surface area contributed by atoms with E-state index in [9.17, 15) is 21.2 Å². The molecule has 1 aliphatic heterocycles. The Labute approximate surface area is 187 Å². The third-order valence-corrected chi connectivity index (χ3v) is 9.01. The van der Waals surface area contributed by atoms with Gasteiger partial charge in [0.2, 0.25) is 0 Å². The molecule has 0 bridgehead atoms. The lowest BCUT2D eigenvalue weighted by Gasteiger charge is -2.31. The molecule has 0 atom stereocenters. The summed E-state index contributed by atoms with van der Waals surface area (Å²) in [5.74, 6) is -0.522. The fraction of sp³-hybridized carbons (Fsp3) is 0.217. The molecule has 6 nitrogen and oxygen atoms in total. The maximum absolute atomic E-state index is 13.3. The van der Waals surface area contributed by atoms with Crippen molar-refractivity contribution >= 4 is 31.4 Å². The van der Waals surface area contributed by atoms with Crippen LogP contribution in [-0.4, -0.2) is 23.4 Å². The minimum absolute atomic E-state index is 0.0203. The molecule has 1 N–H and O–H groups in total. The molecule has 3 aromatic carbocycles. The van der Waals surface area contributed by atoms with Gasteiger partial charge in [0.05, 0.1) is 21.2 Å². The van der Waals surface area contributed by atoms with Crippen LogP contribution < -0.4 is 9.03 Å². The Morgan fingerprint density at radius 1 is 0.938 bits per heavy atom. The van der Waals surface area contributed by atoms with Crippen LogP contribution in [0.2, 0.25) is 0 Å². The van der Waals surface area contributed by atoms with Crippen molar-refractivity contribution in [3.63, 3.8) is 0 Å². The molecule has 0 radical (unpaired) electrons. The van der Waals surface area contributed by atoms with E-state index in [0.29, 0.717) is 24.1 Å². The zero-order chi connectivity index (χ0) is 23.1. The first-order valence-corrected chi connectivity index (χ1v) is 13.0. The number of fused-ring (bicyclic) bond motifs is 1. The highest BCUT2D eigenvalue weighted by Gasteiger charge is 2.30. The number of nitrogens with zero attached hydrogens (tertiary/aromatic N) is 1. The van der Waals surface area contributed by atoms with E-state index in [-0.39, 0.29) is 22.0 Å². The molecule has 0 spiro atoms. The van der Waals surface area contributed by atoms with Crippen LogP contribution in [-0.2, 0) is 26.5 Å². The number of nitrogens with one attached hydrogen (secondary N) is 1. The van der Waals surface area contributed by atoms with Gasteiger partial charge in [-0.05, 0) is 85.8 Å². The number of benzene rings is 3. The summed E-state index contributed by atoms with van der Waals surface area (Å²) in [6, 6.07) is 14.6. The molecule has 0 amide bonds. The Bertz CT molecular complexity index is 1390. The maximum Gasteiger partial charge on any atom is 0.264 e. The van der Waals surface area contributed by atoms with Gasteiger partial charge in [-0.1, -0.05) is 18.2 Å². The molecule has 0 unspecified atom stereocenters. The second-order valence-corrected chi connectivity index (χ2v) is 11.3. The summed E-state index contributed by atoms with van der Waals surface area (Å²) in [5, 5.41) is 0. The lowest BCUT2D eigenvalue weighted by molar-refractivity contribution is 0.585. The van der Waals surface area contributed by atoms with E-state index >= 15 is 0 Å². The number of hydrogen-bond acceptors (Lipinski definition) is 4. The SMILES string of the molecule is Cc1cccc(S(=O)(=O)Nc2ccc3c(c2)N(S(=O)(=O)c2ccc(F)cc2)CCC3)c1C. The first-order valence-electron chi connectivity index (χ1n) is 10.1. The molecule has 32 heavy (non-hydrogen) atoms. The second kappa shape index (κ2) is 8.22. The standard InChI is InChI=1S/C23H23FN2O4S2/c1-16-5-3-7-23(17(16)2)31(27,28)25-20-11-8-18-6-4-14-26(22(18)15-20)32(29,30)21-12-9-19(24)10-13-21/h3,5,7-13,15,25H,4,6,14H2,1-2H3. The van der Waals surface area contributed by atoms with E-state index < -0.39 is 25.9 Å². The van der Waals surface area contributed by atoms with E-state index in [1.54, 1.807) is 25.1 Å². The molecule has 1 heterocycles. The fourth-order valence-corrected chi connectivity index (χ4v) is 6.72. The number of anilines is 2. The Morgan fingerprint density at radius 3 is 2.38 bits per heavy atom. The molecule has 0 saturated carbocycles. The minimum Gasteiger partial charge on any atom is -0.280 e. The predicted octanol–water partition coefficient (Wildman–Crippen LogP) is 4.38. The molecule has 4 rings (SSSR count). The van der Waals surface area contributed by atoms with Crippen molar-refractivity contribution in [2.75, 3.05) is 15.6 Å². The van der Waals surface area contributed by atoms with Crippen LogP contribution in [0.4, 0.5) is 15.8 Å². The Kier molecular flexibility index (Phi) is 5.72. The molecular formula is C23H23FN2O4S2. The molecular weight excluding hydrogens is 451 g/mol. The van der Waals surface area contributed by atoms with Gasteiger partial charge in [0.1, 0.15) is 5.82 Å². The minimum atomic E-state index is -3.93. The van der Waals surface area contributed by atoms with E-state index in [2.05, 4.69) is 4.72 Å². The smallest absolute Gasteiger partial charge is 0.264 e. The summed E-state index contributed by atoms with van der Waals surface area (Å²) in [5.41, 5.74) is 3.00. The molecule has 1 aliphatic rings. The van der Waals surface area contributed by atoms with Crippen LogP contribution in [0.1, 0.15) is 23.1 Å². The first kappa shape index (κ1) is 22.3. The van der Waals surface area contributed by atoms with Crippen molar-refractivity contribution in [3.8, 4) is 0 Å². The zero-order valence-electron chi connectivity index (χ0n) is 17.7. The van der Waals surface area contributed by atoms with Crippen molar-refractivity contribution in [1.29, 1.82) is 0 Å². The van der Waals surface area contributed by atoms with Gasteiger partial charge in [0.15, 0.2) is 0 Å².